The van der Waals surface area contributed by atoms with E-state index in [1.165, 1.54) is 0 Å². The van der Waals surface area contributed by atoms with Crippen molar-refractivity contribution in [1.82, 2.24) is 5.32 Å². The summed E-state index contributed by atoms with van der Waals surface area (Å²) in [6.07, 6.45) is 2.42. The molecule has 0 heterocycles. The third-order valence-corrected chi connectivity index (χ3v) is 2.68. The Kier molecular flexibility index (Phi) is 6.29. The molecule has 0 fully saturated rings. The highest BCUT2D eigenvalue weighted by atomic mass is 16.5. The lowest BCUT2D eigenvalue weighted by Crippen LogP contribution is -2.40. The van der Waals surface area contributed by atoms with E-state index in [0.29, 0.717) is 18.0 Å². The third-order valence-electron chi connectivity index (χ3n) is 2.68. The Labute approximate surface area is 119 Å². The second kappa shape index (κ2) is 7.99. The van der Waals surface area contributed by atoms with Gasteiger partial charge in [-0.3, -0.25) is 9.59 Å². The van der Waals surface area contributed by atoms with Crippen molar-refractivity contribution in [3.63, 3.8) is 0 Å². The van der Waals surface area contributed by atoms with Crippen LogP contribution in [0.5, 0.6) is 5.75 Å². The molecule has 0 aliphatic rings. The molecule has 0 saturated carbocycles. The first kappa shape index (κ1) is 15.8. The molecule has 0 aliphatic carbocycles. The number of hydrogen-bond donors (Lipinski definition) is 2. The number of anilines is 1. The van der Waals surface area contributed by atoms with Gasteiger partial charge in [-0.05, 0) is 37.6 Å². The molecule has 0 bridgehead atoms. The molecule has 20 heavy (non-hydrogen) atoms. The predicted molar refractivity (Wildman–Crippen MR) is 78.7 cm³/mol. The summed E-state index contributed by atoms with van der Waals surface area (Å²) >= 11 is 0. The van der Waals surface area contributed by atoms with Crippen molar-refractivity contribution in [3.8, 4) is 5.75 Å². The van der Waals surface area contributed by atoms with E-state index in [2.05, 4.69) is 17.2 Å². The van der Waals surface area contributed by atoms with Crippen molar-refractivity contribution in [1.29, 1.82) is 0 Å². The molecule has 2 amide bonds. The van der Waals surface area contributed by atoms with E-state index < -0.39 is 11.8 Å². The molecule has 0 aliphatic heterocycles. The van der Waals surface area contributed by atoms with Gasteiger partial charge in [-0.1, -0.05) is 19.6 Å². The quantitative estimate of drug-likeness (QED) is 0.617. The van der Waals surface area contributed by atoms with Crippen molar-refractivity contribution in [2.24, 2.45) is 0 Å². The van der Waals surface area contributed by atoms with Crippen LogP contribution in [0.25, 0.3) is 0 Å². The summed E-state index contributed by atoms with van der Waals surface area (Å²) in [7, 11) is 0. The molecular weight excluding hydrogens is 256 g/mol. The number of nitrogens with one attached hydrogen (secondary N) is 2. The van der Waals surface area contributed by atoms with Gasteiger partial charge in [0.1, 0.15) is 12.4 Å². The van der Waals surface area contributed by atoms with Crippen LogP contribution in [0.1, 0.15) is 20.3 Å². The monoisotopic (exact) mass is 276 g/mol. The normalized spacial score (nSPS) is 11.3. The molecule has 1 atom stereocenters. The molecule has 0 radical (unpaired) electrons. The van der Waals surface area contributed by atoms with Crippen LogP contribution in [0.2, 0.25) is 0 Å². The molecule has 5 nitrogen and oxygen atoms in total. The minimum atomic E-state index is -0.676. The first-order valence-corrected chi connectivity index (χ1v) is 6.52. The smallest absolute Gasteiger partial charge is 0.313 e. The maximum absolute atomic E-state index is 11.7. The lowest BCUT2D eigenvalue weighted by atomic mass is 10.2. The summed E-state index contributed by atoms with van der Waals surface area (Å²) in [5, 5.41) is 5.13. The molecule has 1 aromatic carbocycles. The van der Waals surface area contributed by atoms with Gasteiger partial charge in [0, 0.05) is 11.7 Å². The Morgan fingerprint density at radius 3 is 2.50 bits per heavy atom. The fourth-order valence-electron chi connectivity index (χ4n) is 1.37. The van der Waals surface area contributed by atoms with Crippen molar-refractivity contribution in [3.05, 3.63) is 36.9 Å². The van der Waals surface area contributed by atoms with Gasteiger partial charge in [0.2, 0.25) is 0 Å². The fraction of sp³-hybridized carbons (Fsp3) is 0.333. The second-order valence-electron chi connectivity index (χ2n) is 4.36. The maximum atomic E-state index is 11.7. The van der Waals surface area contributed by atoms with Crippen LogP contribution in [0, 0.1) is 0 Å². The van der Waals surface area contributed by atoms with Gasteiger partial charge in [0.25, 0.3) is 0 Å². The number of carbonyl (C=O) groups is 2. The number of ether oxygens (including phenoxy) is 1. The van der Waals surface area contributed by atoms with Gasteiger partial charge >= 0.3 is 11.8 Å². The van der Waals surface area contributed by atoms with E-state index in [1.54, 1.807) is 30.3 Å². The number of carbonyl (C=O) groups excluding carboxylic acids is 2. The van der Waals surface area contributed by atoms with E-state index in [9.17, 15) is 9.59 Å². The average Bonchev–Trinajstić information content (AvgIpc) is 2.46. The Balaban J connectivity index is 2.53. The Morgan fingerprint density at radius 2 is 1.95 bits per heavy atom. The molecule has 1 aromatic rings. The summed E-state index contributed by atoms with van der Waals surface area (Å²) in [6.45, 7) is 7.76. The molecule has 2 N–H and O–H groups in total. The molecule has 0 spiro atoms. The highest BCUT2D eigenvalue weighted by molar-refractivity contribution is 6.39. The lowest BCUT2D eigenvalue weighted by molar-refractivity contribution is -0.136. The van der Waals surface area contributed by atoms with Crippen LogP contribution >= 0.6 is 0 Å². The number of hydrogen-bond acceptors (Lipinski definition) is 3. The zero-order valence-electron chi connectivity index (χ0n) is 11.8. The molecule has 5 heteroatoms. The highest BCUT2D eigenvalue weighted by Gasteiger charge is 2.15. The SMILES string of the molecule is C=CCOc1ccc(NC(=O)C(=O)N[C@@H](C)CC)cc1. The zero-order valence-corrected chi connectivity index (χ0v) is 11.8. The lowest BCUT2D eigenvalue weighted by Gasteiger charge is -2.11. The molecular formula is C15H20N2O3. The van der Waals surface area contributed by atoms with Crippen LogP contribution in [0.3, 0.4) is 0 Å². The van der Waals surface area contributed by atoms with Crippen LogP contribution in [-0.2, 0) is 9.59 Å². The van der Waals surface area contributed by atoms with Crippen molar-refractivity contribution >= 4 is 17.5 Å². The number of rotatable bonds is 6. The molecule has 108 valence electrons. The second-order valence-corrected chi connectivity index (χ2v) is 4.36. The van der Waals surface area contributed by atoms with Crippen molar-refractivity contribution in [2.45, 2.75) is 26.3 Å². The number of benzene rings is 1. The zero-order chi connectivity index (χ0) is 15.0. The van der Waals surface area contributed by atoms with Crippen molar-refractivity contribution < 1.29 is 14.3 Å². The first-order valence-electron chi connectivity index (χ1n) is 6.52. The summed E-state index contributed by atoms with van der Waals surface area (Å²) in [5.41, 5.74) is 0.542. The fourth-order valence-corrected chi connectivity index (χ4v) is 1.37. The van der Waals surface area contributed by atoms with Gasteiger partial charge in [-0.15, -0.1) is 0 Å². The summed E-state index contributed by atoms with van der Waals surface area (Å²) in [4.78, 5) is 23.2. The van der Waals surface area contributed by atoms with Gasteiger partial charge < -0.3 is 15.4 Å². The Hall–Kier alpha value is -2.30. The molecule has 0 unspecified atom stereocenters. The van der Waals surface area contributed by atoms with Gasteiger partial charge in [0.05, 0.1) is 0 Å². The van der Waals surface area contributed by atoms with Crippen LogP contribution in [0.4, 0.5) is 5.69 Å². The molecule has 0 aromatic heterocycles. The predicted octanol–water partition coefficient (Wildman–Crippen LogP) is 2.10. The van der Waals surface area contributed by atoms with E-state index in [4.69, 9.17) is 4.74 Å². The average molecular weight is 276 g/mol. The van der Waals surface area contributed by atoms with E-state index in [0.717, 1.165) is 6.42 Å². The van der Waals surface area contributed by atoms with E-state index >= 15 is 0 Å². The summed E-state index contributed by atoms with van der Waals surface area (Å²) in [5.74, 6) is -0.636. The van der Waals surface area contributed by atoms with Crippen molar-refractivity contribution in [2.75, 3.05) is 11.9 Å². The van der Waals surface area contributed by atoms with Gasteiger partial charge in [-0.25, -0.2) is 0 Å². The highest BCUT2D eigenvalue weighted by Crippen LogP contribution is 2.15. The number of amides is 2. The Morgan fingerprint density at radius 1 is 1.30 bits per heavy atom. The Bertz CT molecular complexity index is 469. The van der Waals surface area contributed by atoms with Crippen LogP contribution < -0.4 is 15.4 Å². The van der Waals surface area contributed by atoms with Gasteiger partial charge in [-0.2, -0.15) is 0 Å². The van der Waals surface area contributed by atoms with Gasteiger partial charge in [0.15, 0.2) is 0 Å². The topological polar surface area (TPSA) is 67.4 Å². The maximum Gasteiger partial charge on any atom is 0.313 e. The molecule has 0 saturated heterocycles. The van der Waals surface area contributed by atoms with Crippen LogP contribution in [0.15, 0.2) is 36.9 Å². The standard InChI is InChI=1S/C15H20N2O3/c1-4-10-20-13-8-6-12(7-9-13)17-15(19)14(18)16-11(3)5-2/h4,6-9,11H,1,5,10H2,2-3H3,(H,16,18)(H,17,19)/t11-/m0/s1. The van der Waals surface area contributed by atoms with Crippen LogP contribution in [-0.4, -0.2) is 24.5 Å². The largest absolute Gasteiger partial charge is 0.490 e. The molecule has 1 rings (SSSR count). The van der Waals surface area contributed by atoms with E-state index in [-0.39, 0.29) is 6.04 Å². The summed E-state index contributed by atoms with van der Waals surface area (Å²) < 4.78 is 5.32. The minimum Gasteiger partial charge on any atom is -0.490 e. The summed E-state index contributed by atoms with van der Waals surface area (Å²) in [6, 6.07) is 6.75. The van der Waals surface area contributed by atoms with E-state index in [1.807, 2.05) is 13.8 Å². The minimum absolute atomic E-state index is 0.0251. The third kappa shape index (κ3) is 5.14. The first-order chi connectivity index (χ1) is 9.56.